The van der Waals surface area contributed by atoms with E-state index >= 15 is 0 Å². The molecule has 2 amide bonds. The summed E-state index contributed by atoms with van der Waals surface area (Å²) in [6.07, 6.45) is 0. The molecule has 1 aliphatic rings. The predicted octanol–water partition coefficient (Wildman–Crippen LogP) is 4.59. The Morgan fingerprint density at radius 1 is 1.13 bits per heavy atom. The molecule has 1 fully saturated rings. The van der Waals surface area contributed by atoms with Gasteiger partial charge in [-0.2, -0.15) is 0 Å². The minimum atomic E-state index is -0.651. The van der Waals surface area contributed by atoms with Crippen LogP contribution < -0.4 is 10.2 Å². The maximum atomic E-state index is 12.6. The number of imide groups is 1. The topological polar surface area (TPSA) is 49.4 Å². The summed E-state index contributed by atoms with van der Waals surface area (Å²) in [5.74, 6) is -0.276. The molecular weight excluding hydrogens is 332 g/mol. The van der Waals surface area contributed by atoms with Gasteiger partial charge in [0.25, 0.3) is 11.1 Å². The molecule has 0 saturated carbocycles. The Bertz CT molecular complexity index is 794. The van der Waals surface area contributed by atoms with E-state index in [1.165, 1.54) is 4.90 Å². The Hall–Kier alpha value is -1.98. The lowest BCUT2D eigenvalue weighted by atomic mass is 10.2. The number of nitrogens with zero attached hydrogens (tertiary/aromatic N) is 1. The standard InChI is InChI=1S/C17H15ClN2O2S/c1-10-4-3-5-13(8-10)20-16(21)15(23-17(20)22)19-12-7-6-11(2)14(18)9-12/h3-9,15,19H,1-2H3/t15-/m1/s1. The molecule has 1 atom stereocenters. The number of hydrogen-bond acceptors (Lipinski definition) is 4. The van der Waals surface area contributed by atoms with Crippen LogP contribution in [0.2, 0.25) is 5.02 Å². The van der Waals surface area contributed by atoms with Crippen molar-refractivity contribution in [3.05, 3.63) is 58.6 Å². The molecule has 2 aromatic rings. The number of carbonyl (C=O) groups excluding carboxylic acids is 2. The first kappa shape index (κ1) is 15.9. The van der Waals surface area contributed by atoms with Gasteiger partial charge >= 0.3 is 0 Å². The van der Waals surface area contributed by atoms with Crippen molar-refractivity contribution in [2.45, 2.75) is 19.2 Å². The number of benzene rings is 2. The van der Waals surface area contributed by atoms with Crippen molar-refractivity contribution >= 4 is 45.9 Å². The average molecular weight is 347 g/mol. The van der Waals surface area contributed by atoms with Gasteiger partial charge in [0, 0.05) is 10.7 Å². The van der Waals surface area contributed by atoms with Crippen molar-refractivity contribution in [3.8, 4) is 0 Å². The van der Waals surface area contributed by atoms with Crippen LogP contribution in [0, 0.1) is 13.8 Å². The van der Waals surface area contributed by atoms with Gasteiger partial charge in [-0.25, -0.2) is 4.90 Å². The highest BCUT2D eigenvalue weighted by molar-refractivity contribution is 8.16. The molecule has 1 N–H and O–H groups in total. The lowest BCUT2D eigenvalue weighted by Gasteiger charge is -2.15. The highest BCUT2D eigenvalue weighted by Gasteiger charge is 2.40. The SMILES string of the molecule is Cc1cccc(N2C(=O)S[C@@H](Nc3ccc(C)c(Cl)c3)C2=O)c1. The van der Waals surface area contributed by atoms with Crippen LogP contribution in [0.5, 0.6) is 0 Å². The van der Waals surface area contributed by atoms with Crippen LogP contribution in [0.25, 0.3) is 0 Å². The molecule has 6 heteroatoms. The molecule has 1 heterocycles. The summed E-state index contributed by atoms with van der Waals surface area (Å²) < 4.78 is 0. The van der Waals surface area contributed by atoms with Crippen LogP contribution in [0.1, 0.15) is 11.1 Å². The highest BCUT2D eigenvalue weighted by atomic mass is 35.5. The van der Waals surface area contributed by atoms with Gasteiger partial charge in [-0.15, -0.1) is 0 Å². The lowest BCUT2D eigenvalue weighted by Crippen LogP contribution is -2.34. The molecular formula is C17H15ClN2O2S. The molecule has 1 aliphatic heterocycles. The van der Waals surface area contributed by atoms with Crippen molar-refractivity contribution in [1.82, 2.24) is 0 Å². The zero-order valence-electron chi connectivity index (χ0n) is 12.7. The van der Waals surface area contributed by atoms with E-state index in [4.69, 9.17) is 11.6 Å². The molecule has 1 saturated heterocycles. The fourth-order valence-electron chi connectivity index (χ4n) is 2.34. The van der Waals surface area contributed by atoms with Gasteiger partial charge in [0.2, 0.25) is 0 Å². The van der Waals surface area contributed by atoms with Gasteiger partial charge in [-0.1, -0.05) is 29.8 Å². The molecule has 118 valence electrons. The number of nitrogens with one attached hydrogen (secondary N) is 1. The summed E-state index contributed by atoms with van der Waals surface area (Å²) in [6.45, 7) is 3.83. The second-order valence-electron chi connectivity index (χ2n) is 5.38. The summed E-state index contributed by atoms with van der Waals surface area (Å²) in [4.78, 5) is 26.0. The van der Waals surface area contributed by atoms with E-state index in [2.05, 4.69) is 5.32 Å². The Balaban J connectivity index is 1.82. The van der Waals surface area contributed by atoms with Crippen molar-refractivity contribution in [3.63, 3.8) is 0 Å². The number of anilines is 2. The summed E-state index contributed by atoms with van der Waals surface area (Å²) in [7, 11) is 0. The predicted molar refractivity (Wildman–Crippen MR) is 95.3 cm³/mol. The summed E-state index contributed by atoms with van der Waals surface area (Å²) >= 11 is 7.07. The molecule has 2 aromatic carbocycles. The number of rotatable bonds is 3. The quantitative estimate of drug-likeness (QED) is 0.882. The second kappa shape index (κ2) is 6.26. The lowest BCUT2D eigenvalue weighted by molar-refractivity contribution is -0.116. The monoisotopic (exact) mass is 346 g/mol. The largest absolute Gasteiger partial charge is 0.365 e. The van der Waals surface area contributed by atoms with Crippen molar-refractivity contribution < 1.29 is 9.59 Å². The zero-order valence-corrected chi connectivity index (χ0v) is 14.2. The first-order valence-electron chi connectivity index (χ1n) is 7.09. The van der Waals surface area contributed by atoms with Crippen molar-refractivity contribution in [2.24, 2.45) is 0 Å². The van der Waals surface area contributed by atoms with Crippen LogP contribution in [0.15, 0.2) is 42.5 Å². The summed E-state index contributed by atoms with van der Waals surface area (Å²) in [6, 6.07) is 12.8. The second-order valence-corrected chi connectivity index (χ2v) is 6.85. The van der Waals surface area contributed by atoms with Gasteiger partial charge in [0.15, 0.2) is 5.37 Å². The van der Waals surface area contributed by atoms with Crippen LogP contribution >= 0.6 is 23.4 Å². The van der Waals surface area contributed by atoms with E-state index in [0.717, 1.165) is 22.9 Å². The van der Waals surface area contributed by atoms with Crippen LogP contribution in [-0.4, -0.2) is 16.5 Å². The maximum Gasteiger partial charge on any atom is 0.295 e. The van der Waals surface area contributed by atoms with E-state index in [-0.39, 0.29) is 11.1 Å². The molecule has 4 nitrogen and oxygen atoms in total. The third kappa shape index (κ3) is 3.21. The third-order valence-electron chi connectivity index (χ3n) is 3.58. The summed E-state index contributed by atoms with van der Waals surface area (Å²) in [5, 5.41) is 2.76. The van der Waals surface area contributed by atoms with Crippen molar-refractivity contribution in [1.29, 1.82) is 0 Å². The van der Waals surface area contributed by atoms with E-state index in [1.807, 2.05) is 44.2 Å². The van der Waals surface area contributed by atoms with Gasteiger partial charge in [0.1, 0.15) is 0 Å². The minimum Gasteiger partial charge on any atom is -0.365 e. The molecule has 23 heavy (non-hydrogen) atoms. The summed E-state index contributed by atoms with van der Waals surface area (Å²) in [5.41, 5.74) is 3.26. The molecule has 0 aromatic heterocycles. The van der Waals surface area contributed by atoms with Gasteiger partial charge in [-0.05, 0) is 61.0 Å². The smallest absolute Gasteiger partial charge is 0.295 e. The minimum absolute atomic E-state index is 0.276. The number of halogens is 1. The van der Waals surface area contributed by atoms with Crippen LogP contribution in [-0.2, 0) is 4.79 Å². The van der Waals surface area contributed by atoms with E-state index in [1.54, 1.807) is 12.1 Å². The first-order valence-corrected chi connectivity index (χ1v) is 8.35. The molecule has 0 radical (unpaired) electrons. The highest BCUT2D eigenvalue weighted by Crippen LogP contribution is 2.33. The van der Waals surface area contributed by atoms with Gasteiger partial charge in [0.05, 0.1) is 5.69 Å². The van der Waals surface area contributed by atoms with Gasteiger partial charge < -0.3 is 5.32 Å². The van der Waals surface area contributed by atoms with E-state index < -0.39 is 5.37 Å². The number of aryl methyl sites for hydroxylation is 2. The van der Waals surface area contributed by atoms with Crippen molar-refractivity contribution in [2.75, 3.05) is 10.2 Å². The fraction of sp³-hybridized carbons (Fsp3) is 0.176. The maximum absolute atomic E-state index is 12.6. The Labute approximate surface area is 143 Å². The Kier molecular flexibility index (Phi) is 4.33. The third-order valence-corrected chi connectivity index (χ3v) is 4.92. The number of carbonyl (C=O) groups is 2. The molecule has 0 unspecified atom stereocenters. The van der Waals surface area contributed by atoms with E-state index in [9.17, 15) is 9.59 Å². The van der Waals surface area contributed by atoms with E-state index in [0.29, 0.717) is 16.4 Å². The first-order chi connectivity index (χ1) is 11.0. The number of amides is 2. The zero-order chi connectivity index (χ0) is 16.6. The molecule has 0 bridgehead atoms. The Morgan fingerprint density at radius 3 is 2.61 bits per heavy atom. The van der Waals surface area contributed by atoms with Gasteiger partial charge in [-0.3, -0.25) is 9.59 Å². The molecule has 0 spiro atoms. The fourth-order valence-corrected chi connectivity index (χ4v) is 3.42. The van der Waals surface area contributed by atoms with Crippen LogP contribution in [0.4, 0.5) is 16.2 Å². The Morgan fingerprint density at radius 2 is 1.91 bits per heavy atom. The average Bonchev–Trinajstić information content (AvgIpc) is 2.77. The molecule has 3 rings (SSSR count). The normalized spacial score (nSPS) is 17.7. The number of thioether (sulfide) groups is 1. The van der Waals surface area contributed by atoms with Crippen LogP contribution in [0.3, 0.4) is 0 Å². The molecule has 0 aliphatic carbocycles. The number of hydrogen-bond donors (Lipinski definition) is 1.